The fourth-order valence-electron chi connectivity index (χ4n) is 1.89. The van der Waals surface area contributed by atoms with Crippen LogP contribution < -0.4 is 11.1 Å². The Morgan fingerprint density at radius 3 is 2.70 bits per heavy atom. The van der Waals surface area contributed by atoms with E-state index in [1.54, 1.807) is 18.2 Å². The molecule has 1 aromatic carbocycles. The van der Waals surface area contributed by atoms with Crippen molar-refractivity contribution in [1.82, 2.24) is 4.90 Å². The van der Waals surface area contributed by atoms with Crippen molar-refractivity contribution in [2.24, 2.45) is 0 Å². The molecule has 1 amide bonds. The minimum atomic E-state index is -0.0134. The third-order valence-electron chi connectivity index (χ3n) is 3.10. The summed E-state index contributed by atoms with van der Waals surface area (Å²) >= 11 is 6.01. The standard InChI is InChI=1S/C15H24ClN3O/c1-3-4-9-19(2)10-5-6-15(20)18-14-8-7-12(17)11-13(14)16/h7-8,11H,3-6,9-10,17H2,1-2H3,(H,18,20). The zero-order chi connectivity index (χ0) is 15.0. The highest BCUT2D eigenvalue weighted by atomic mass is 35.5. The van der Waals surface area contributed by atoms with Gasteiger partial charge in [-0.25, -0.2) is 0 Å². The van der Waals surface area contributed by atoms with Crippen molar-refractivity contribution in [1.29, 1.82) is 0 Å². The number of anilines is 2. The molecule has 0 aromatic heterocycles. The Morgan fingerprint density at radius 1 is 1.35 bits per heavy atom. The van der Waals surface area contributed by atoms with E-state index in [0.717, 1.165) is 19.5 Å². The number of carbonyl (C=O) groups excluding carboxylic acids is 1. The van der Waals surface area contributed by atoms with Crippen LogP contribution >= 0.6 is 11.6 Å². The lowest BCUT2D eigenvalue weighted by Crippen LogP contribution is -2.22. The average Bonchev–Trinajstić information content (AvgIpc) is 2.39. The number of nitrogens with two attached hydrogens (primary N) is 1. The van der Waals surface area contributed by atoms with Gasteiger partial charge in [0.2, 0.25) is 5.91 Å². The molecule has 0 saturated carbocycles. The molecule has 0 aliphatic heterocycles. The first-order valence-corrected chi connectivity index (χ1v) is 7.44. The molecule has 0 bridgehead atoms. The number of rotatable bonds is 8. The Bertz CT molecular complexity index is 437. The third-order valence-corrected chi connectivity index (χ3v) is 3.42. The summed E-state index contributed by atoms with van der Waals surface area (Å²) in [5.74, 6) is -0.0134. The summed E-state index contributed by atoms with van der Waals surface area (Å²) in [5, 5.41) is 3.28. The second-order valence-corrected chi connectivity index (χ2v) is 5.46. The Balaban J connectivity index is 2.30. The predicted octanol–water partition coefficient (Wildman–Crippen LogP) is 3.37. The number of nitrogens with one attached hydrogen (secondary N) is 1. The van der Waals surface area contributed by atoms with Crippen molar-refractivity contribution in [2.45, 2.75) is 32.6 Å². The lowest BCUT2D eigenvalue weighted by Gasteiger charge is -2.15. The minimum absolute atomic E-state index is 0.0134. The number of amides is 1. The van der Waals surface area contributed by atoms with E-state index in [0.29, 0.717) is 22.8 Å². The van der Waals surface area contributed by atoms with Crippen LogP contribution in [0, 0.1) is 0 Å². The summed E-state index contributed by atoms with van der Waals surface area (Å²) in [4.78, 5) is 14.1. The van der Waals surface area contributed by atoms with Gasteiger partial charge in [0.1, 0.15) is 0 Å². The van der Waals surface area contributed by atoms with Gasteiger partial charge >= 0.3 is 0 Å². The molecule has 1 aromatic rings. The van der Waals surface area contributed by atoms with Gasteiger partial charge < -0.3 is 16.0 Å². The van der Waals surface area contributed by atoms with Gasteiger partial charge in [0.25, 0.3) is 0 Å². The summed E-state index contributed by atoms with van der Waals surface area (Å²) in [5.41, 5.74) is 6.81. The molecule has 0 spiro atoms. The van der Waals surface area contributed by atoms with Crippen molar-refractivity contribution in [3.8, 4) is 0 Å². The third kappa shape index (κ3) is 6.26. The summed E-state index contributed by atoms with van der Waals surface area (Å²) in [6, 6.07) is 5.08. The maximum Gasteiger partial charge on any atom is 0.224 e. The smallest absolute Gasteiger partial charge is 0.224 e. The predicted molar refractivity (Wildman–Crippen MR) is 86.1 cm³/mol. The molecular weight excluding hydrogens is 274 g/mol. The van der Waals surface area contributed by atoms with Crippen LogP contribution in [0.25, 0.3) is 0 Å². The molecule has 0 atom stereocenters. The molecule has 0 saturated heterocycles. The van der Waals surface area contributed by atoms with Gasteiger partial charge in [-0.2, -0.15) is 0 Å². The summed E-state index contributed by atoms with van der Waals surface area (Å²) < 4.78 is 0. The van der Waals surface area contributed by atoms with Gasteiger partial charge in [-0.05, 0) is 51.2 Å². The zero-order valence-corrected chi connectivity index (χ0v) is 13.0. The van der Waals surface area contributed by atoms with Gasteiger partial charge in [-0.1, -0.05) is 24.9 Å². The molecule has 0 heterocycles. The van der Waals surface area contributed by atoms with E-state index in [4.69, 9.17) is 17.3 Å². The van der Waals surface area contributed by atoms with E-state index in [1.165, 1.54) is 12.8 Å². The highest BCUT2D eigenvalue weighted by Crippen LogP contribution is 2.24. The lowest BCUT2D eigenvalue weighted by atomic mass is 10.2. The summed E-state index contributed by atoms with van der Waals surface area (Å²) in [6.07, 6.45) is 3.74. The second-order valence-electron chi connectivity index (χ2n) is 5.05. The van der Waals surface area contributed by atoms with E-state index in [9.17, 15) is 4.79 Å². The van der Waals surface area contributed by atoms with Gasteiger partial charge in [-0.3, -0.25) is 4.79 Å². The maximum absolute atomic E-state index is 11.8. The van der Waals surface area contributed by atoms with Gasteiger partial charge in [0.15, 0.2) is 0 Å². The van der Waals surface area contributed by atoms with E-state index in [2.05, 4.69) is 24.2 Å². The van der Waals surface area contributed by atoms with E-state index in [-0.39, 0.29) is 5.91 Å². The monoisotopic (exact) mass is 297 g/mol. The SMILES string of the molecule is CCCCN(C)CCCC(=O)Nc1ccc(N)cc1Cl. The molecule has 0 unspecified atom stereocenters. The number of nitrogens with zero attached hydrogens (tertiary/aromatic N) is 1. The van der Waals surface area contributed by atoms with E-state index >= 15 is 0 Å². The van der Waals surface area contributed by atoms with Crippen LogP contribution in [-0.2, 0) is 4.79 Å². The molecule has 0 fully saturated rings. The number of hydrogen-bond acceptors (Lipinski definition) is 3. The largest absolute Gasteiger partial charge is 0.399 e. The fraction of sp³-hybridized carbons (Fsp3) is 0.533. The molecule has 0 aliphatic rings. The second kappa shape index (κ2) is 8.82. The number of carbonyl (C=O) groups is 1. The van der Waals surface area contributed by atoms with Crippen molar-refractivity contribution in [3.05, 3.63) is 23.2 Å². The Hall–Kier alpha value is -1.26. The maximum atomic E-state index is 11.8. The van der Waals surface area contributed by atoms with Crippen LogP contribution in [0.15, 0.2) is 18.2 Å². The Morgan fingerprint density at radius 2 is 2.05 bits per heavy atom. The number of benzene rings is 1. The van der Waals surface area contributed by atoms with Crippen molar-refractivity contribution in [3.63, 3.8) is 0 Å². The molecular formula is C15H24ClN3O. The molecule has 0 radical (unpaired) electrons. The van der Waals surface area contributed by atoms with Crippen LogP contribution in [0.2, 0.25) is 5.02 Å². The van der Waals surface area contributed by atoms with Crippen molar-refractivity contribution >= 4 is 28.9 Å². The fourth-order valence-corrected chi connectivity index (χ4v) is 2.13. The van der Waals surface area contributed by atoms with Gasteiger partial charge in [0, 0.05) is 12.1 Å². The number of halogens is 1. The first kappa shape index (κ1) is 16.8. The van der Waals surface area contributed by atoms with Gasteiger partial charge in [0.05, 0.1) is 10.7 Å². The quantitative estimate of drug-likeness (QED) is 0.723. The zero-order valence-electron chi connectivity index (χ0n) is 12.3. The first-order valence-electron chi connectivity index (χ1n) is 7.06. The number of unbranched alkanes of at least 4 members (excludes halogenated alkanes) is 1. The van der Waals surface area contributed by atoms with Crippen LogP contribution in [0.1, 0.15) is 32.6 Å². The molecule has 20 heavy (non-hydrogen) atoms. The van der Waals surface area contributed by atoms with Crippen LogP contribution in [0.5, 0.6) is 0 Å². The summed E-state index contributed by atoms with van der Waals surface area (Å²) in [6.45, 7) is 4.20. The molecule has 3 N–H and O–H groups in total. The first-order chi connectivity index (χ1) is 9.52. The topological polar surface area (TPSA) is 58.4 Å². The Kier molecular flexibility index (Phi) is 7.41. The molecule has 112 valence electrons. The van der Waals surface area contributed by atoms with E-state index in [1.807, 2.05) is 0 Å². The molecule has 1 rings (SSSR count). The Labute approximate surface area is 126 Å². The lowest BCUT2D eigenvalue weighted by molar-refractivity contribution is -0.116. The van der Waals surface area contributed by atoms with Crippen LogP contribution in [-0.4, -0.2) is 30.9 Å². The highest BCUT2D eigenvalue weighted by molar-refractivity contribution is 6.34. The average molecular weight is 298 g/mol. The number of hydrogen-bond donors (Lipinski definition) is 2. The van der Waals surface area contributed by atoms with Crippen LogP contribution in [0.3, 0.4) is 0 Å². The molecule has 0 aliphatic carbocycles. The number of nitrogen functional groups attached to an aromatic ring is 1. The van der Waals surface area contributed by atoms with Gasteiger partial charge in [-0.15, -0.1) is 0 Å². The highest BCUT2D eigenvalue weighted by Gasteiger charge is 2.06. The molecule has 5 heteroatoms. The van der Waals surface area contributed by atoms with Crippen molar-refractivity contribution < 1.29 is 4.79 Å². The normalized spacial score (nSPS) is 10.8. The molecule has 4 nitrogen and oxygen atoms in total. The summed E-state index contributed by atoms with van der Waals surface area (Å²) in [7, 11) is 2.09. The van der Waals surface area contributed by atoms with Crippen molar-refractivity contribution in [2.75, 3.05) is 31.2 Å². The minimum Gasteiger partial charge on any atom is -0.399 e. The van der Waals surface area contributed by atoms with E-state index < -0.39 is 0 Å². The van der Waals surface area contributed by atoms with Crippen LogP contribution in [0.4, 0.5) is 11.4 Å².